The predicted octanol–water partition coefficient (Wildman–Crippen LogP) is 4.03. The number of para-hydroxylation sites is 1. The maximum absolute atomic E-state index is 12.9. The summed E-state index contributed by atoms with van der Waals surface area (Å²) in [4.78, 5) is 28.3. The lowest BCUT2D eigenvalue weighted by Gasteiger charge is -2.04. The van der Waals surface area contributed by atoms with E-state index in [2.05, 4.69) is 16.7 Å². The molecule has 0 saturated heterocycles. The Bertz CT molecular complexity index is 1350. The molecule has 2 aromatic heterocycles. The van der Waals surface area contributed by atoms with Crippen LogP contribution >= 0.6 is 11.3 Å². The maximum atomic E-state index is 12.9. The Labute approximate surface area is 175 Å². The Morgan fingerprint density at radius 1 is 1.30 bits per heavy atom. The summed E-state index contributed by atoms with van der Waals surface area (Å²) in [6, 6.07) is 14.1. The number of allylic oxidation sites excluding steroid dienone is 1. The van der Waals surface area contributed by atoms with E-state index in [-0.39, 0.29) is 5.69 Å². The number of thiazole rings is 1. The smallest absolute Gasteiger partial charge is 0.283 e. The topological polar surface area (TPSA) is 95.3 Å². The number of nitrogens with zero attached hydrogens (tertiary/aromatic N) is 5. The van der Waals surface area contributed by atoms with Crippen molar-refractivity contribution in [2.24, 2.45) is 4.99 Å². The number of hydrogen-bond donors (Lipinski definition) is 0. The molecule has 0 unspecified atom stereocenters. The highest BCUT2D eigenvalue weighted by Gasteiger charge is 2.16. The van der Waals surface area contributed by atoms with Crippen LogP contribution in [0.5, 0.6) is 0 Å². The van der Waals surface area contributed by atoms with Gasteiger partial charge < -0.3 is 4.57 Å². The minimum absolute atomic E-state index is 0.00707. The number of hydrogen-bond acceptors (Lipinski definition) is 5. The molecule has 9 heteroatoms. The second-order valence-corrected chi connectivity index (χ2v) is 7.51. The lowest BCUT2D eigenvalue weighted by molar-refractivity contribution is -0.384. The zero-order chi connectivity index (χ0) is 21.3. The minimum atomic E-state index is -0.444. The first kappa shape index (κ1) is 19.5. The molecule has 0 atom stereocenters. The largest absolute Gasteiger partial charge is 0.312 e. The van der Waals surface area contributed by atoms with Crippen LogP contribution in [0.1, 0.15) is 16.1 Å². The van der Waals surface area contributed by atoms with E-state index in [0.717, 1.165) is 11.2 Å². The van der Waals surface area contributed by atoms with Gasteiger partial charge in [0.1, 0.15) is 0 Å². The molecule has 30 heavy (non-hydrogen) atoms. The molecule has 0 aliphatic heterocycles. The van der Waals surface area contributed by atoms with E-state index in [1.54, 1.807) is 16.8 Å². The van der Waals surface area contributed by atoms with Gasteiger partial charge in [0.25, 0.3) is 11.6 Å². The summed E-state index contributed by atoms with van der Waals surface area (Å²) < 4.78 is 4.18. The number of fused-ring (bicyclic) bond motifs is 1. The molecule has 4 aromatic rings. The van der Waals surface area contributed by atoms with E-state index < -0.39 is 10.8 Å². The molecule has 0 bridgehead atoms. The Morgan fingerprint density at radius 2 is 2.07 bits per heavy atom. The highest BCUT2D eigenvalue weighted by Crippen LogP contribution is 2.23. The van der Waals surface area contributed by atoms with E-state index in [1.807, 2.05) is 41.8 Å². The first-order valence-electron chi connectivity index (χ1n) is 9.07. The summed E-state index contributed by atoms with van der Waals surface area (Å²) in [7, 11) is 0. The molecule has 0 aliphatic rings. The SMILES string of the molecule is C=CCn1c(=NC(=O)c2cnn(-c3ccccc3)c2C)sc2cc([N+](=O)[O-])ccc21. The molecule has 1 amide bonds. The van der Waals surface area contributed by atoms with Crippen LogP contribution in [0.25, 0.3) is 15.9 Å². The first-order valence-corrected chi connectivity index (χ1v) is 9.89. The number of non-ortho nitro benzene ring substituents is 1. The van der Waals surface area contributed by atoms with Gasteiger partial charge in [0.15, 0.2) is 4.80 Å². The average Bonchev–Trinajstić information content (AvgIpc) is 3.29. The van der Waals surface area contributed by atoms with Crippen molar-refractivity contribution in [2.75, 3.05) is 0 Å². The lowest BCUT2D eigenvalue weighted by atomic mass is 10.2. The second kappa shape index (κ2) is 7.88. The first-order chi connectivity index (χ1) is 14.5. The summed E-state index contributed by atoms with van der Waals surface area (Å²) in [5.74, 6) is -0.423. The van der Waals surface area contributed by atoms with Gasteiger partial charge in [-0.3, -0.25) is 14.9 Å². The van der Waals surface area contributed by atoms with Gasteiger partial charge >= 0.3 is 0 Å². The predicted molar refractivity (Wildman–Crippen MR) is 115 cm³/mol. The number of carbonyl (C=O) groups is 1. The van der Waals surface area contributed by atoms with Crippen LogP contribution in [-0.4, -0.2) is 25.2 Å². The summed E-state index contributed by atoms with van der Waals surface area (Å²) in [5.41, 5.74) is 2.68. The Hall–Kier alpha value is -3.85. The van der Waals surface area contributed by atoms with Crippen molar-refractivity contribution in [2.45, 2.75) is 13.5 Å². The molecule has 2 heterocycles. The number of nitro groups is 1. The third kappa shape index (κ3) is 3.46. The number of aromatic nitrogens is 3. The maximum Gasteiger partial charge on any atom is 0.283 e. The summed E-state index contributed by atoms with van der Waals surface area (Å²) >= 11 is 1.22. The van der Waals surface area contributed by atoms with Crippen molar-refractivity contribution in [3.8, 4) is 5.69 Å². The lowest BCUT2D eigenvalue weighted by Crippen LogP contribution is -2.16. The fourth-order valence-corrected chi connectivity index (χ4v) is 4.23. The zero-order valence-electron chi connectivity index (χ0n) is 16.1. The third-order valence-corrected chi connectivity index (χ3v) is 5.67. The molecule has 0 aliphatic carbocycles. The van der Waals surface area contributed by atoms with Crippen molar-refractivity contribution in [1.82, 2.24) is 14.3 Å². The molecule has 150 valence electrons. The van der Waals surface area contributed by atoms with E-state index in [1.165, 1.54) is 29.7 Å². The summed E-state index contributed by atoms with van der Waals surface area (Å²) in [5, 5.41) is 15.4. The van der Waals surface area contributed by atoms with Crippen LogP contribution in [0.4, 0.5) is 5.69 Å². The summed E-state index contributed by atoms with van der Waals surface area (Å²) in [6.07, 6.45) is 3.19. The highest BCUT2D eigenvalue weighted by atomic mass is 32.1. The molecule has 4 rings (SSSR count). The molecule has 2 aromatic carbocycles. The fraction of sp³-hybridized carbons (Fsp3) is 0.0952. The number of carbonyl (C=O) groups excluding carboxylic acids is 1. The fourth-order valence-electron chi connectivity index (χ4n) is 3.16. The van der Waals surface area contributed by atoms with Crippen LogP contribution in [0.15, 0.2) is 72.4 Å². The normalized spacial score (nSPS) is 11.7. The van der Waals surface area contributed by atoms with Gasteiger partial charge in [-0.25, -0.2) is 4.68 Å². The Balaban J connectivity index is 1.80. The third-order valence-electron chi connectivity index (χ3n) is 4.63. The number of benzene rings is 2. The number of amides is 1. The molecule has 0 radical (unpaired) electrons. The van der Waals surface area contributed by atoms with E-state index >= 15 is 0 Å². The quantitative estimate of drug-likeness (QED) is 0.277. The van der Waals surface area contributed by atoms with Gasteiger partial charge in [-0.05, 0) is 25.1 Å². The molecule has 0 fully saturated rings. The minimum Gasteiger partial charge on any atom is -0.312 e. The monoisotopic (exact) mass is 419 g/mol. The highest BCUT2D eigenvalue weighted by molar-refractivity contribution is 7.16. The van der Waals surface area contributed by atoms with Crippen molar-refractivity contribution < 1.29 is 9.72 Å². The molecular weight excluding hydrogens is 402 g/mol. The van der Waals surface area contributed by atoms with Crippen LogP contribution in [-0.2, 0) is 6.54 Å². The van der Waals surface area contributed by atoms with Crippen molar-refractivity contribution in [1.29, 1.82) is 0 Å². The molecule has 0 N–H and O–H groups in total. The van der Waals surface area contributed by atoms with E-state index in [9.17, 15) is 14.9 Å². The number of rotatable bonds is 5. The van der Waals surface area contributed by atoms with Gasteiger partial charge in [-0.1, -0.05) is 35.6 Å². The van der Waals surface area contributed by atoms with Crippen molar-refractivity contribution in [3.05, 3.63) is 93.6 Å². The zero-order valence-corrected chi connectivity index (χ0v) is 16.9. The Kier molecular flexibility index (Phi) is 5.11. The van der Waals surface area contributed by atoms with Crippen LogP contribution < -0.4 is 4.80 Å². The van der Waals surface area contributed by atoms with Crippen molar-refractivity contribution >= 4 is 33.1 Å². The van der Waals surface area contributed by atoms with Gasteiger partial charge in [-0.15, -0.1) is 6.58 Å². The van der Waals surface area contributed by atoms with Gasteiger partial charge in [0.2, 0.25) is 0 Å². The van der Waals surface area contributed by atoms with Crippen molar-refractivity contribution in [3.63, 3.8) is 0 Å². The summed E-state index contributed by atoms with van der Waals surface area (Å²) in [6.45, 7) is 5.99. The van der Waals surface area contributed by atoms with Crippen LogP contribution in [0.3, 0.4) is 0 Å². The molecular formula is C21H17N5O3S. The Morgan fingerprint density at radius 3 is 2.77 bits per heavy atom. The van der Waals surface area contributed by atoms with E-state index in [0.29, 0.717) is 27.3 Å². The molecule has 8 nitrogen and oxygen atoms in total. The standard InChI is InChI=1S/C21H17N5O3S/c1-3-11-24-18-10-9-16(26(28)29)12-19(18)30-21(24)23-20(27)17-13-22-25(14(17)2)15-7-5-4-6-8-15/h3-10,12-13H,1,11H2,2H3. The van der Waals surface area contributed by atoms with Gasteiger partial charge in [-0.2, -0.15) is 10.1 Å². The van der Waals surface area contributed by atoms with Gasteiger partial charge in [0.05, 0.1) is 38.3 Å². The second-order valence-electron chi connectivity index (χ2n) is 6.50. The molecule has 0 saturated carbocycles. The van der Waals surface area contributed by atoms with E-state index in [4.69, 9.17) is 0 Å². The van der Waals surface area contributed by atoms with Crippen LogP contribution in [0, 0.1) is 17.0 Å². The average molecular weight is 419 g/mol. The van der Waals surface area contributed by atoms with Crippen LogP contribution in [0.2, 0.25) is 0 Å². The molecule has 0 spiro atoms. The van der Waals surface area contributed by atoms with Gasteiger partial charge in [0, 0.05) is 18.7 Å². The number of nitro benzene ring substituents is 1.